The van der Waals surface area contributed by atoms with E-state index in [-0.39, 0.29) is 11.1 Å². The van der Waals surface area contributed by atoms with Crippen molar-refractivity contribution in [3.63, 3.8) is 0 Å². The lowest BCUT2D eigenvalue weighted by Crippen LogP contribution is -2.26. The van der Waals surface area contributed by atoms with Gasteiger partial charge < -0.3 is 9.47 Å². The average molecular weight is 370 g/mol. The van der Waals surface area contributed by atoms with E-state index in [0.29, 0.717) is 16.6 Å². The quantitative estimate of drug-likeness (QED) is 0.625. The molecule has 0 fully saturated rings. The van der Waals surface area contributed by atoms with Gasteiger partial charge in [-0.25, -0.2) is 14.0 Å². The zero-order chi connectivity index (χ0) is 19.8. The molecule has 0 radical (unpaired) electrons. The van der Waals surface area contributed by atoms with Crippen molar-refractivity contribution in [2.75, 3.05) is 7.11 Å². The summed E-state index contributed by atoms with van der Waals surface area (Å²) in [4.78, 5) is 28.4. The van der Waals surface area contributed by atoms with Gasteiger partial charge in [0.2, 0.25) is 0 Å². The molecule has 0 atom stereocenters. The van der Waals surface area contributed by atoms with Crippen LogP contribution in [0.15, 0.2) is 42.7 Å². The molecule has 0 aliphatic heterocycles. The fraction of sp³-hybridized carbons (Fsp3) is 0.250. The monoisotopic (exact) mass is 370 g/mol. The maximum atomic E-state index is 14.7. The Balaban J connectivity index is 2.13. The SMILES string of the molecule is COC(=O)c1ccc(-c2cn(C(=O)OC(C)(C)C)c3cccnc23)c(F)c1. The third-order valence-corrected chi connectivity index (χ3v) is 3.83. The smallest absolute Gasteiger partial charge is 0.419 e. The predicted molar refractivity (Wildman–Crippen MR) is 98.1 cm³/mol. The van der Waals surface area contributed by atoms with E-state index < -0.39 is 23.5 Å². The highest BCUT2D eigenvalue weighted by atomic mass is 19.1. The minimum atomic E-state index is -0.677. The van der Waals surface area contributed by atoms with Crippen molar-refractivity contribution in [2.24, 2.45) is 0 Å². The molecule has 0 saturated heterocycles. The molecule has 0 aliphatic rings. The summed E-state index contributed by atoms with van der Waals surface area (Å²) in [6.07, 6.45) is 2.46. The van der Waals surface area contributed by atoms with E-state index in [1.807, 2.05) is 0 Å². The highest BCUT2D eigenvalue weighted by Gasteiger charge is 2.23. The molecular formula is C20H19FN2O4. The van der Waals surface area contributed by atoms with Crippen molar-refractivity contribution in [2.45, 2.75) is 26.4 Å². The Hall–Kier alpha value is -3.22. The Bertz CT molecular complexity index is 1030. The summed E-state index contributed by atoms with van der Waals surface area (Å²) in [5.74, 6) is -1.25. The molecule has 0 saturated carbocycles. The maximum absolute atomic E-state index is 14.7. The molecule has 2 aromatic heterocycles. The largest absolute Gasteiger partial charge is 0.465 e. The molecule has 140 valence electrons. The maximum Gasteiger partial charge on any atom is 0.419 e. The highest BCUT2D eigenvalue weighted by molar-refractivity contribution is 5.99. The lowest BCUT2D eigenvalue weighted by Gasteiger charge is -2.19. The number of esters is 1. The fourth-order valence-corrected chi connectivity index (χ4v) is 2.70. The van der Waals surface area contributed by atoms with Gasteiger partial charge in [0.05, 0.1) is 23.7 Å². The molecule has 0 amide bonds. The standard InChI is InChI=1S/C20H19FN2O4/c1-20(2,3)27-19(25)23-11-14(17-16(23)6-5-9-22-17)13-8-7-12(10-15(13)21)18(24)26-4/h5-11H,1-4H3. The van der Waals surface area contributed by atoms with Crippen LogP contribution in [0.2, 0.25) is 0 Å². The van der Waals surface area contributed by atoms with Crippen LogP contribution >= 0.6 is 0 Å². The van der Waals surface area contributed by atoms with Gasteiger partial charge >= 0.3 is 12.1 Å². The van der Waals surface area contributed by atoms with Crippen LogP contribution in [0.25, 0.3) is 22.2 Å². The highest BCUT2D eigenvalue weighted by Crippen LogP contribution is 2.32. The first-order valence-corrected chi connectivity index (χ1v) is 8.29. The minimum Gasteiger partial charge on any atom is -0.465 e. The third kappa shape index (κ3) is 3.67. The van der Waals surface area contributed by atoms with Crippen LogP contribution in [0.3, 0.4) is 0 Å². The molecule has 6 nitrogen and oxygen atoms in total. The van der Waals surface area contributed by atoms with Gasteiger partial charge in [0.15, 0.2) is 0 Å². The molecule has 0 spiro atoms. The topological polar surface area (TPSA) is 70.4 Å². The molecule has 0 aliphatic carbocycles. The summed E-state index contributed by atoms with van der Waals surface area (Å²) in [7, 11) is 1.23. The van der Waals surface area contributed by atoms with Crippen LogP contribution in [-0.4, -0.2) is 34.3 Å². The van der Waals surface area contributed by atoms with E-state index in [4.69, 9.17) is 4.74 Å². The molecule has 7 heteroatoms. The van der Waals surface area contributed by atoms with Crippen molar-refractivity contribution >= 4 is 23.1 Å². The second-order valence-corrected chi connectivity index (χ2v) is 6.95. The van der Waals surface area contributed by atoms with Crippen LogP contribution in [0, 0.1) is 5.82 Å². The summed E-state index contributed by atoms with van der Waals surface area (Å²) in [5, 5.41) is 0. The number of carbonyl (C=O) groups excluding carboxylic acids is 2. The summed E-state index contributed by atoms with van der Waals surface area (Å²) in [5.41, 5.74) is 1.01. The molecule has 0 unspecified atom stereocenters. The number of hydrogen-bond acceptors (Lipinski definition) is 5. The van der Waals surface area contributed by atoms with Crippen molar-refractivity contribution in [1.29, 1.82) is 0 Å². The van der Waals surface area contributed by atoms with E-state index in [1.165, 1.54) is 30.0 Å². The van der Waals surface area contributed by atoms with Gasteiger partial charge in [-0.2, -0.15) is 0 Å². The number of hydrogen-bond donors (Lipinski definition) is 0. The van der Waals surface area contributed by atoms with Gasteiger partial charge in [0, 0.05) is 23.5 Å². The molecule has 2 heterocycles. The second kappa shape index (κ2) is 6.83. The van der Waals surface area contributed by atoms with E-state index in [9.17, 15) is 14.0 Å². The van der Waals surface area contributed by atoms with Gasteiger partial charge in [0.25, 0.3) is 0 Å². The zero-order valence-electron chi connectivity index (χ0n) is 15.4. The Morgan fingerprint density at radius 2 is 1.89 bits per heavy atom. The summed E-state index contributed by atoms with van der Waals surface area (Å²) >= 11 is 0. The van der Waals surface area contributed by atoms with Crippen molar-refractivity contribution in [3.05, 3.63) is 54.1 Å². The zero-order valence-corrected chi connectivity index (χ0v) is 15.4. The van der Waals surface area contributed by atoms with E-state index in [1.54, 1.807) is 39.1 Å². The van der Waals surface area contributed by atoms with Crippen LogP contribution in [0.5, 0.6) is 0 Å². The summed E-state index contributed by atoms with van der Waals surface area (Å²) < 4.78 is 26.0. The minimum absolute atomic E-state index is 0.0996. The van der Waals surface area contributed by atoms with Gasteiger partial charge in [-0.05, 0) is 45.0 Å². The summed E-state index contributed by atoms with van der Waals surface area (Å²) in [6, 6.07) is 7.41. The molecule has 27 heavy (non-hydrogen) atoms. The molecule has 1 aromatic carbocycles. The molecule has 0 N–H and O–H groups in total. The number of nitrogens with zero attached hydrogens (tertiary/aromatic N) is 2. The first kappa shape index (κ1) is 18.6. The molecular weight excluding hydrogens is 351 g/mol. The lowest BCUT2D eigenvalue weighted by atomic mass is 10.0. The lowest BCUT2D eigenvalue weighted by molar-refractivity contribution is 0.0543. The van der Waals surface area contributed by atoms with Crippen molar-refractivity contribution in [3.8, 4) is 11.1 Å². The van der Waals surface area contributed by atoms with Crippen LogP contribution in [0.1, 0.15) is 31.1 Å². The Labute approximate surface area is 155 Å². The Morgan fingerprint density at radius 3 is 2.52 bits per heavy atom. The third-order valence-electron chi connectivity index (χ3n) is 3.83. The predicted octanol–water partition coefficient (Wildman–Crippen LogP) is 4.41. The molecule has 3 rings (SSSR count). The number of ether oxygens (including phenoxy) is 2. The van der Waals surface area contributed by atoms with E-state index in [0.717, 1.165) is 6.07 Å². The van der Waals surface area contributed by atoms with Crippen LogP contribution < -0.4 is 0 Å². The molecule has 3 aromatic rings. The van der Waals surface area contributed by atoms with Gasteiger partial charge in [-0.1, -0.05) is 6.07 Å². The first-order valence-electron chi connectivity index (χ1n) is 8.29. The van der Waals surface area contributed by atoms with Crippen molar-refractivity contribution < 1.29 is 23.5 Å². The Morgan fingerprint density at radius 1 is 1.15 bits per heavy atom. The fourth-order valence-electron chi connectivity index (χ4n) is 2.70. The van der Waals surface area contributed by atoms with Gasteiger partial charge in [-0.3, -0.25) is 9.55 Å². The number of carbonyl (C=O) groups is 2. The van der Waals surface area contributed by atoms with Gasteiger partial charge in [-0.15, -0.1) is 0 Å². The Kier molecular flexibility index (Phi) is 4.70. The van der Waals surface area contributed by atoms with Gasteiger partial charge in [0.1, 0.15) is 11.4 Å². The van der Waals surface area contributed by atoms with Crippen molar-refractivity contribution in [1.82, 2.24) is 9.55 Å². The average Bonchev–Trinajstić information content (AvgIpc) is 2.99. The second-order valence-electron chi connectivity index (χ2n) is 6.95. The van der Waals surface area contributed by atoms with Crippen LogP contribution in [-0.2, 0) is 9.47 Å². The van der Waals surface area contributed by atoms with E-state index in [2.05, 4.69) is 9.72 Å². The van der Waals surface area contributed by atoms with Crippen LogP contribution in [0.4, 0.5) is 9.18 Å². The number of methoxy groups -OCH3 is 1. The number of aromatic nitrogens is 2. The number of rotatable bonds is 2. The summed E-state index contributed by atoms with van der Waals surface area (Å²) in [6.45, 7) is 5.29. The number of benzene rings is 1. The number of pyridine rings is 1. The van der Waals surface area contributed by atoms with E-state index >= 15 is 0 Å². The first-order chi connectivity index (χ1) is 12.7. The number of fused-ring (bicyclic) bond motifs is 1. The normalized spacial score (nSPS) is 11.4. The molecule has 0 bridgehead atoms. The number of halogens is 1.